The molecular weight excluding hydrogens is 386 g/mol. The van der Waals surface area contributed by atoms with E-state index in [0.717, 1.165) is 11.3 Å². The van der Waals surface area contributed by atoms with Gasteiger partial charge in [0.1, 0.15) is 18.1 Å². The monoisotopic (exact) mass is 409 g/mol. The average Bonchev–Trinajstić information content (AvgIpc) is 2.70. The Labute approximate surface area is 176 Å². The fraction of sp³-hybridized carbons (Fsp3) is 0.208. The van der Waals surface area contributed by atoms with E-state index in [1.165, 1.54) is 11.1 Å². The summed E-state index contributed by atoms with van der Waals surface area (Å²) in [5.74, 6) is 1.27. The Morgan fingerprint density at radius 3 is 2.52 bits per heavy atom. The molecule has 1 amide bonds. The number of benzene rings is 3. The van der Waals surface area contributed by atoms with Crippen molar-refractivity contribution in [2.75, 3.05) is 11.9 Å². The summed E-state index contributed by atoms with van der Waals surface area (Å²) < 4.78 is 11.7. The normalized spacial score (nSPS) is 10.5. The van der Waals surface area contributed by atoms with Gasteiger partial charge >= 0.3 is 0 Å². The van der Waals surface area contributed by atoms with Gasteiger partial charge in [-0.05, 0) is 80.4 Å². The van der Waals surface area contributed by atoms with Crippen LogP contribution >= 0.6 is 11.6 Å². The third-order valence-corrected chi connectivity index (χ3v) is 4.81. The second-order valence-corrected chi connectivity index (χ2v) is 7.19. The molecule has 0 saturated heterocycles. The molecule has 0 aromatic heterocycles. The van der Waals surface area contributed by atoms with Crippen LogP contribution in [0.25, 0.3) is 0 Å². The van der Waals surface area contributed by atoms with E-state index in [1.54, 1.807) is 42.5 Å². The van der Waals surface area contributed by atoms with Crippen LogP contribution < -0.4 is 14.8 Å². The molecule has 4 nitrogen and oxygen atoms in total. The summed E-state index contributed by atoms with van der Waals surface area (Å²) in [6.45, 7) is 6.87. The average molecular weight is 410 g/mol. The van der Waals surface area contributed by atoms with E-state index in [4.69, 9.17) is 21.1 Å². The van der Waals surface area contributed by atoms with Gasteiger partial charge in [-0.1, -0.05) is 23.7 Å². The minimum atomic E-state index is -0.220. The van der Waals surface area contributed by atoms with Gasteiger partial charge in [0.15, 0.2) is 0 Å². The zero-order valence-corrected chi connectivity index (χ0v) is 17.5. The number of carbonyl (C=O) groups is 1. The Morgan fingerprint density at radius 2 is 1.79 bits per heavy atom. The number of anilines is 1. The third kappa shape index (κ3) is 5.52. The molecule has 0 spiro atoms. The first kappa shape index (κ1) is 20.7. The highest BCUT2D eigenvalue weighted by atomic mass is 35.5. The summed E-state index contributed by atoms with van der Waals surface area (Å²) in [5, 5.41) is 3.43. The van der Waals surface area contributed by atoms with Crippen molar-refractivity contribution >= 4 is 23.2 Å². The lowest BCUT2D eigenvalue weighted by atomic mass is 10.1. The van der Waals surface area contributed by atoms with Gasteiger partial charge in [0, 0.05) is 21.8 Å². The summed E-state index contributed by atoms with van der Waals surface area (Å²) in [6.07, 6.45) is 0. The lowest BCUT2D eigenvalue weighted by Crippen LogP contribution is -2.13. The Balaban J connectivity index is 1.79. The number of hydrogen-bond acceptors (Lipinski definition) is 3. The van der Waals surface area contributed by atoms with Gasteiger partial charge < -0.3 is 14.8 Å². The highest BCUT2D eigenvalue weighted by molar-refractivity contribution is 6.30. The van der Waals surface area contributed by atoms with E-state index in [2.05, 4.69) is 19.2 Å². The van der Waals surface area contributed by atoms with Crippen molar-refractivity contribution in [1.82, 2.24) is 0 Å². The van der Waals surface area contributed by atoms with E-state index in [-0.39, 0.29) is 5.91 Å². The van der Waals surface area contributed by atoms with Crippen molar-refractivity contribution < 1.29 is 14.3 Å². The quantitative estimate of drug-likeness (QED) is 0.506. The predicted octanol–water partition coefficient (Wildman–Crippen LogP) is 6.19. The molecule has 1 N–H and O–H groups in total. The number of rotatable bonds is 7. The maximum Gasteiger partial charge on any atom is 0.255 e. The zero-order valence-electron chi connectivity index (χ0n) is 16.8. The summed E-state index contributed by atoms with van der Waals surface area (Å²) >= 11 is 5.99. The highest BCUT2D eigenvalue weighted by Gasteiger charge is 2.12. The number of aryl methyl sites for hydroxylation is 2. The van der Waals surface area contributed by atoms with Gasteiger partial charge in [0.25, 0.3) is 5.91 Å². The van der Waals surface area contributed by atoms with Crippen LogP contribution in [0.2, 0.25) is 5.02 Å². The number of halogens is 1. The van der Waals surface area contributed by atoms with Gasteiger partial charge in [-0.25, -0.2) is 0 Å². The predicted molar refractivity (Wildman–Crippen MR) is 117 cm³/mol. The minimum absolute atomic E-state index is 0.220. The highest BCUT2D eigenvalue weighted by Crippen LogP contribution is 2.25. The molecule has 0 saturated carbocycles. The number of hydrogen-bond donors (Lipinski definition) is 1. The van der Waals surface area contributed by atoms with E-state index in [0.29, 0.717) is 35.2 Å². The molecule has 0 bridgehead atoms. The number of nitrogens with one attached hydrogen (secondary N) is 1. The van der Waals surface area contributed by atoms with Gasteiger partial charge in [-0.2, -0.15) is 0 Å². The van der Waals surface area contributed by atoms with Gasteiger partial charge in [-0.3, -0.25) is 4.79 Å². The first-order valence-corrected chi connectivity index (χ1v) is 9.86. The van der Waals surface area contributed by atoms with E-state index >= 15 is 0 Å². The molecule has 3 rings (SSSR count). The van der Waals surface area contributed by atoms with Crippen molar-refractivity contribution in [3.05, 3.63) is 87.9 Å². The molecule has 5 heteroatoms. The molecule has 0 radical (unpaired) electrons. The molecule has 3 aromatic rings. The van der Waals surface area contributed by atoms with E-state index in [9.17, 15) is 4.79 Å². The maximum absolute atomic E-state index is 12.7. The third-order valence-electron chi connectivity index (χ3n) is 4.58. The summed E-state index contributed by atoms with van der Waals surface area (Å²) in [6, 6.07) is 18.4. The second kappa shape index (κ2) is 9.48. The standard InChI is InChI=1S/C24H24ClNO3/c1-4-28-23-11-9-18(24(27)26-21-7-5-6-20(25)14-21)13-19(23)15-29-22-10-8-16(2)17(3)12-22/h5-14H,4,15H2,1-3H3,(H,26,27). The van der Waals surface area contributed by atoms with Crippen LogP contribution in [0.5, 0.6) is 11.5 Å². The molecule has 0 atom stereocenters. The molecule has 0 heterocycles. The molecule has 3 aromatic carbocycles. The fourth-order valence-corrected chi connectivity index (χ4v) is 3.05. The van der Waals surface area contributed by atoms with E-state index < -0.39 is 0 Å². The van der Waals surface area contributed by atoms with Crippen LogP contribution in [0.15, 0.2) is 60.7 Å². The molecular formula is C24H24ClNO3. The second-order valence-electron chi connectivity index (χ2n) is 6.75. The lowest BCUT2D eigenvalue weighted by molar-refractivity contribution is 0.102. The van der Waals surface area contributed by atoms with Crippen LogP contribution in [0, 0.1) is 13.8 Å². The fourth-order valence-electron chi connectivity index (χ4n) is 2.86. The van der Waals surface area contributed by atoms with Gasteiger partial charge in [0.05, 0.1) is 6.61 Å². The lowest BCUT2D eigenvalue weighted by Gasteiger charge is -2.14. The minimum Gasteiger partial charge on any atom is -0.493 e. The smallest absolute Gasteiger partial charge is 0.255 e. The Morgan fingerprint density at radius 1 is 0.966 bits per heavy atom. The van der Waals surface area contributed by atoms with Crippen LogP contribution in [0.4, 0.5) is 5.69 Å². The molecule has 150 valence electrons. The SMILES string of the molecule is CCOc1ccc(C(=O)Nc2cccc(Cl)c2)cc1COc1ccc(C)c(C)c1. The van der Waals surface area contributed by atoms with Gasteiger partial charge in [0.2, 0.25) is 0 Å². The van der Waals surface area contributed by atoms with Crippen LogP contribution in [-0.2, 0) is 6.61 Å². The van der Waals surface area contributed by atoms with Crippen LogP contribution in [0.1, 0.15) is 34.0 Å². The summed E-state index contributed by atoms with van der Waals surface area (Å²) in [5.41, 5.74) is 4.36. The first-order chi connectivity index (χ1) is 14.0. The molecule has 0 aliphatic heterocycles. The van der Waals surface area contributed by atoms with Crippen molar-refractivity contribution in [3.63, 3.8) is 0 Å². The molecule has 0 aliphatic rings. The molecule has 0 unspecified atom stereocenters. The topological polar surface area (TPSA) is 47.6 Å². The summed E-state index contributed by atoms with van der Waals surface area (Å²) in [4.78, 5) is 12.7. The molecule has 29 heavy (non-hydrogen) atoms. The Hall–Kier alpha value is -2.98. The largest absolute Gasteiger partial charge is 0.493 e. The summed E-state index contributed by atoms with van der Waals surface area (Å²) in [7, 11) is 0. The maximum atomic E-state index is 12.7. The number of ether oxygens (including phenoxy) is 2. The number of amides is 1. The number of carbonyl (C=O) groups excluding carboxylic acids is 1. The van der Waals surface area contributed by atoms with Crippen molar-refractivity contribution in [3.8, 4) is 11.5 Å². The van der Waals surface area contributed by atoms with Crippen LogP contribution in [-0.4, -0.2) is 12.5 Å². The van der Waals surface area contributed by atoms with E-state index in [1.807, 2.05) is 25.1 Å². The molecule has 0 aliphatic carbocycles. The van der Waals surface area contributed by atoms with Crippen molar-refractivity contribution in [2.45, 2.75) is 27.4 Å². The first-order valence-electron chi connectivity index (χ1n) is 9.49. The zero-order chi connectivity index (χ0) is 20.8. The van der Waals surface area contributed by atoms with Gasteiger partial charge in [-0.15, -0.1) is 0 Å². The van der Waals surface area contributed by atoms with Crippen molar-refractivity contribution in [2.24, 2.45) is 0 Å². The van der Waals surface area contributed by atoms with Crippen molar-refractivity contribution in [1.29, 1.82) is 0 Å². The van der Waals surface area contributed by atoms with Crippen LogP contribution in [0.3, 0.4) is 0 Å². The Kier molecular flexibility index (Phi) is 6.78. The Bertz CT molecular complexity index is 1020. The molecule has 0 fully saturated rings.